The average molecular weight is 226 g/mol. The van der Waals surface area contributed by atoms with Gasteiger partial charge in [0.1, 0.15) is 0 Å². The highest BCUT2D eigenvalue weighted by Crippen LogP contribution is 2.11. The SMILES string of the molecule is O=C(OCCCCCCS)C1C=CC=C1. The standard InChI is InChI=1S/C12H18O2S/c13-12(11-7-3-4-8-11)14-9-5-1-2-6-10-15/h3-4,7-8,11,15H,1-2,5-6,9-10H2. The highest BCUT2D eigenvalue weighted by Gasteiger charge is 2.14. The van der Waals surface area contributed by atoms with Gasteiger partial charge >= 0.3 is 5.97 Å². The molecule has 0 amide bonds. The van der Waals surface area contributed by atoms with Crippen LogP contribution in [0.4, 0.5) is 0 Å². The lowest BCUT2D eigenvalue weighted by atomic mass is 10.2. The van der Waals surface area contributed by atoms with E-state index in [4.69, 9.17) is 4.74 Å². The molecule has 0 aliphatic heterocycles. The topological polar surface area (TPSA) is 26.3 Å². The van der Waals surface area contributed by atoms with Crippen LogP contribution in [0.15, 0.2) is 24.3 Å². The van der Waals surface area contributed by atoms with E-state index in [0.29, 0.717) is 6.61 Å². The summed E-state index contributed by atoms with van der Waals surface area (Å²) in [4.78, 5) is 11.4. The Labute approximate surface area is 96.8 Å². The van der Waals surface area contributed by atoms with Gasteiger partial charge in [-0.25, -0.2) is 0 Å². The van der Waals surface area contributed by atoms with Crippen LogP contribution in [0.3, 0.4) is 0 Å². The van der Waals surface area contributed by atoms with Crippen LogP contribution in [0.5, 0.6) is 0 Å². The molecule has 1 rings (SSSR count). The first-order valence-electron chi connectivity index (χ1n) is 5.47. The normalized spacial score (nSPS) is 14.7. The lowest BCUT2D eigenvalue weighted by Crippen LogP contribution is -2.13. The number of thiol groups is 1. The molecule has 0 unspecified atom stereocenters. The van der Waals surface area contributed by atoms with E-state index in [1.54, 1.807) is 0 Å². The molecule has 1 aliphatic carbocycles. The van der Waals surface area contributed by atoms with Crippen LogP contribution in [0.1, 0.15) is 25.7 Å². The summed E-state index contributed by atoms with van der Waals surface area (Å²) in [6.07, 6.45) is 11.8. The molecule has 15 heavy (non-hydrogen) atoms. The van der Waals surface area contributed by atoms with Crippen LogP contribution in [0.25, 0.3) is 0 Å². The first kappa shape index (κ1) is 12.4. The zero-order valence-electron chi connectivity index (χ0n) is 8.89. The summed E-state index contributed by atoms with van der Waals surface area (Å²) < 4.78 is 5.15. The Balaban J connectivity index is 1.97. The molecule has 0 aromatic rings. The molecule has 84 valence electrons. The molecule has 0 saturated carbocycles. The minimum Gasteiger partial charge on any atom is -0.465 e. The van der Waals surface area contributed by atoms with Gasteiger partial charge in [-0.05, 0) is 18.6 Å². The molecule has 0 bridgehead atoms. The number of esters is 1. The Bertz CT molecular complexity index is 234. The van der Waals surface area contributed by atoms with E-state index in [-0.39, 0.29) is 11.9 Å². The first-order chi connectivity index (χ1) is 7.34. The second-order valence-electron chi connectivity index (χ2n) is 3.60. The molecule has 0 heterocycles. The fourth-order valence-corrected chi connectivity index (χ4v) is 1.65. The third kappa shape index (κ3) is 5.07. The van der Waals surface area contributed by atoms with Gasteiger partial charge in [0.25, 0.3) is 0 Å². The minimum absolute atomic E-state index is 0.130. The summed E-state index contributed by atoms with van der Waals surface area (Å²) in [7, 11) is 0. The number of allylic oxidation sites excluding steroid dienone is 2. The third-order valence-electron chi connectivity index (χ3n) is 2.32. The molecule has 0 aromatic carbocycles. The molecule has 0 spiro atoms. The van der Waals surface area contributed by atoms with Gasteiger partial charge in [-0.1, -0.05) is 37.1 Å². The second-order valence-corrected chi connectivity index (χ2v) is 4.05. The zero-order valence-corrected chi connectivity index (χ0v) is 9.79. The molecular formula is C12H18O2S. The highest BCUT2D eigenvalue weighted by molar-refractivity contribution is 7.80. The summed E-state index contributed by atoms with van der Waals surface area (Å²) in [5.41, 5.74) is 0. The highest BCUT2D eigenvalue weighted by atomic mass is 32.1. The second kappa shape index (κ2) is 7.57. The monoisotopic (exact) mass is 226 g/mol. The van der Waals surface area contributed by atoms with Crippen molar-refractivity contribution in [3.8, 4) is 0 Å². The van der Waals surface area contributed by atoms with Crippen LogP contribution in [-0.2, 0) is 9.53 Å². The van der Waals surface area contributed by atoms with Crippen molar-refractivity contribution in [1.82, 2.24) is 0 Å². The summed E-state index contributed by atoms with van der Waals surface area (Å²) in [5, 5.41) is 0. The molecule has 0 radical (unpaired) electrons. The average Bonchev–Trinajstić information content (AvgIpc) is 2.76. The Morgan fingerprint density at radius 2 is 1.80 bits per heavy atom. The molecule has 3 heteroatoms. The Morgan fingerprint density at radius 3 is 2.47 bits per heavy atom. The van der Waals surface area contributed by atoms with Crippen molar-refractivity contribution in [2.24, 2.45) is 5.92 Å². The molecular weight excluding hydrogens is 208 g/mol. The number of rotatable bonds is 7. The fraction of sp³-hybridized carbons (Fsp3) is 0.583. The zero-order chi connectivity index (χ0) is 10.9. The van der Waals surface area contributed by atoms with Crippen LogP contribution in [0, 0.1) is 5.92 Å². The van der Waals surface area contributed by atoms with E-state index in [2.05, 4.69) is 12.6 Å². The maximum atomic E-state index is 11.4. The van der Waals surface area contributed by atoms with Crippen LogP contribution in [0.2, 0.25) is 0 Å². The van der Waals surface area contributed by atoms with E-state index >= 15 is 0 Å². The van der Waals surface area contributed by atoms with Crippen LogP contribution >= 0.6 is 12.6 Å². The summed E-state index contributed by atoms with van der Waals surface area (Å²) in [6, 6.07) is 0. The van der Waals surface area contributed by atoms with E-state index in [1.807, 2.05) is 24.3 Å². The predicted molar refractivity (Wildman–Crippen MR) is 65.1 cm³/mol. The molecule has 0 fully saturated rings. The van der Waals surface area contributed by atoms with Gasteiger partial charge in [-0.15, -0.1) is 0 Å². The molecule has 0 aromatic heterocycles. The lowest BCUT2D eigenvalue weighted by Gasteiger charge is -2.06. The lowest BCUT2D eigenvalue weighted by molar-refractivity contribution is -0.145. The van der Waals surface area contributed by atoms with Crippen molar-refractivity contribution in [3.63, 3.8) is 0 Å². The van der Waals surface area contributed by atoms with Crippen molar-refractivity contribution in [2.45, 2.75) is 25.7 Å². The van der Waals surface area contributed by atoms with Crippen LogP contribution in [-0.4, -0.2) is 18.3 Å². The van der Waals surface area contributed by atoms with Crippen molar-refractivity contribution in [2.75, 3.05) is 12.4 Å². The van der Waals surface area contributed by atoms with Gasteiger partial charge in [0, 0.05) is 0 Å². The van der Waals surface area contributed by atoms with E-state index < -0.39 is 0 Å². The summed E-state index contributed by atoms with van der Waals surface area (Å²) in [6.45, 7) is 0.545. The molecule has 0 saturated heterocycles. The summed E-state index contributed by atoms with van der Waals surface area (Å²) in [5.74, 6) is 0.661. The predicted octanol–water partition coefficient (Wildman–Crippen LogP) is 2.76. The molecule has 0 atom stereocenters. The van der Waals surface area contributed by atoms with Gasteiger partial charge in [-0.3, -0.25) is 4.79 Å². The number of ether oxygens (including phenoxy) is 1. The van der Waals surface area contributed by atoms with Crippen molar-refractivity contribution in [3.05, 3.63) is 24.3 Å². The Hall–Kier alpha value is -0.700. The molecule has 2 nitrogen and oxygen atoms in total. The molecule has 0 N–H and O–H groups in total. The summed E-state index contributed by atoms with van der Waals surface area (Å²) >= 11 is 4.14. The molecule has 1 aliphatic rings. The van der Waals surface area contributed by atoms with Gasteiger partial charge in [0.05, 0.1) is 12.5 Å². The maximum absolute atomic E-state index is 11.4. The maximum Gasteiger partial charge on any atom is 0.316 e. The van der Waals surface area contributed by atoms with Gasteiger partial charge in [-0.2, -0.15) is 12.6 Å². The van der Waals surface area contributed by atoms with E-state index in [9.17, 15) is 4.79 Å². The largest absolute Gasteiger partial charge is 0.465 e. The number of hydrogen-bond donors (Lipinski definition) is 1. The van der Waals surface area contributed by atoms with Gasteiger partial charge in [0.2, 0.25) is 0 Å². The van der Waals surface area contributed by atoms with Gasteiger partial charge < -0.3 is 4.74 Å². The van der Waals surface area contributed by atoms with Crippen molar-refractivity contribution in [1.29, 1.82) is 0 Å². The van der Waals surface area contributed by atoms with Gasteiger partial charge in [0.15, 0.2) is 0 Å². The number of unbranched alkanes of at least 4 members (excludes halogenated alkanes) is 3. The Morgan fingerprint density at radius 1 is 1.13 bits per heavy atom. The van der Waals surface area contributed by atoms with Crippen molar-refractivity contribution < 1.29 is 9.53 Å². The third-order valence-corrected chi connectivity index (χ3v) is 2.63. The quantitative estimate of drug-likeness (QED) is 0.410. The fourth-order valence-electron chi connectivity index (χ4n) is 1.43. The van der Waals surface area contributed by atoms with Crippen molar-refractivity contribution >= 4 is 18.6 Å². The number of carbonyl (C=O) groups is 1. The van der Waals surface area contributed by atoms with E-state index in [0.717, 1.165) is 25.0 Å². The number of carbonyl (C=O) groups excluding carboxylic acids is 1. The smallest absolute Gasteiger partial charge is 0.316 e. The Kier molecular flexibility index (Phi) is 6.25. The van der Waals surface area contributed by atoms with E-state index in [1.165, 1.54) is 6.42 Å². The van der Waals surface area contributed by atoms with Crippen LogP contribution < -0.4 is 0 Å². The first-order valence-corrected chi connectivity index (χ1v) is 6.10. The minimum atomic E-state index is -0.151. The number of hydrogen-bond acceptors (Lipinski definition) is 3.